The van der Waals surface area contributed by atoms with Crippen molar-refractivity contribution in [2.75, 3.05) is 9.80 Å². The van der Waals surface area contributed by atoms with Crippen LogP contribution in [0.1, 0.15) is 0 Å². The molecule has 6 heteroatoms. The first-order chi connectivity index (χ1) is 31.3. The summed E-state index contributed by atoms with van der Waals surface area (Å²) in [6.07, 6.45) is 1.88. The van der Waals surface area contributed by atoms with Crippen molar-refractivity contribution < 1.29 is 0 Å². The van der Waals surface area contributed by atoms with Crippen LogP contribution in [0.2, 0.25) is 0 Å². The fourth-order valence-electron chi connectivity index (χ4n) is 8.58. The van der Waals surface area contributed by atoms with Gasteiger partial charge >= 0.3 is 0 Å². The lowest BCUT2D eigenvalue weighted by atomic mass is 10.0. The topological polar surface area (TPSA) is 50.1 Å². The van der Waals surface area contributed by atoms with Gasteiger partial charge in [-0.1, -0.05) is 152 Å². The molecule has 0 N–H and O–H groups in total. The van der Waals surface area contributed by atoms with Crippen LogP contribution in [0.3, 0.4) is 0 Å². The van der Waals surface area contributed by atoms with Crippen molar-refractivity contribution in [2.45, 2.75) is 0 Å². The summed E-state index contributed by atoms with van der Waals surface area (Å²) < 4.78 is 2.40. The van der Waals surface area contributed by atoms with Crippen LogP contribution in [0, 0.1) is 0 Å². The molecule has 0 aliphatic heterocycles. The van der Waals surface area contributed by atoms with Crippen LogP contribution in [-0.4, -0.2) is 19.5 Å². The van der Waals surface area contributed by atoms with Gasteiger partial charge in [-0.05, 0) is 84.9 Å². The first-order valence-corrected chi connectivity index (χ1v) is 21.1. The summed E-state index contributed by atoms with van der Waals surface area (Å²) in [5.74, 6) is 0.651. The molecule has 8 aromatic carbocycles. The van der Waals surface area contributed by atoms with Gasteiger partial charge in [0, 0.05) is 51.0 Å². The SMILES string of the molecule is c1ccc(-c2cc(-c3cc(N(c4ccccc4)c4ccccc4)c(-n4c5ccccc5c5ncccc54)c(N(c4ccccc4)c4ccccc4)c3)nc(-c3ccccc3)n2)cc1. The summed E-state index contributed by atoms with van der Waals surface area (Å²) in [5, 5.41) is 1.07. The maximum absolute atomic E-state index is 5.42. The maximum Gasteiger partial charge on any atom is 0.160 e. The Labute approximate surface area is 366 Å². The molecule has 3 aromatic heterocycles. The Bertz CT molecular complexity index is 3030. The quantitative estimate of drug-likeness (QED) is 0.138. The smallest absolute Gasteiger partial charge is 0.160 e. The maximum atomic E-state index is 5.42. The molecule has 0 radical (unpaired) electrons. The van der Waals surface area contributed by atoms with Gasteiger partial charge in [-0.2, -0.15) is 0 Å². The summed E-state index contributed by atoms with van der Waals surface area (Å²) in [7, 11) is 0. The highest BCUT2D eigenvalue weighted by Crippen LogP contribution is 2.50. The second-order valence-corrected chi connectivity index (χ2v) is 15.3. The molecule has 3 heterocycles. The second kappa shape index (κ2) is 16.4. The Balaban J connectivity index is 1.33. The van der Waals surface area contributed by atoms with Gasteiger partial charge < -0.3 is 14.4 Å². The number of para-hydroxylation sites is 5. The third kappa shape index (κ3) is 7.05. The molecule has 0 bridgehead atoms. The van der Waals surface area contributed by atoms with Crippen LogP contribution in [0.5, 0.6) is 0 Å². The standard InChI is InChI=1S/C57H40N6/c1-7-22-41(23-8-1)49-40-50(60-57(59-49)42-24-9-2-10-25-42)43-38-53(61(44-26-11-3-12-27-44)45-28-13-4-14-29-45)56(63-51-35-20-19-34-48(51)55-52(63)36-21-37-58-55)54(39-43)62(46-30-15-5-16-31-46)47-32-17-6-18-33-47/h1-40H. The van der Waals surface area contributed by atoms with E-state index in [-0.39, 0.29) is 0 Å². The Kier molecular flexibility index (Phi) is 9.76. The van der Waals surface area contributed by atoms with Gasteiger partial charge in [0.05, 0.1) is 45.0 Å². The van der Waals surface area contributed by atoms with E-state index in [0.717, 1.165) is 89.8 Å². The molecule has 0 spiro atoms. The van der Waals surface area contributed by atoms with Gasteiger partial charge in [-0.25, -0.2) is 9.97 Å². The summed E-state index contributed by atoms with van der Waals surface area (Å²) in [5.41, 5.74) is 14.4. The number of pyridine rings is 1. The van der Waals surface area contributed by atoms with Gasteiger partial charge in [0.2, 0.25) is 0 Å². The molecule has 0 saturated heterocycles. The largest absolute Gasteiger partial charge is 0.308 e. The zero-order valence-electron chi connectivity index (χ0n) is 34.3. The zero-order valence-corrected chi connectivity index (χ0v) is 34.3. The third-order valence-corrected chi connectivity index (χ3v) is 11.4. The van der Waals surface area contributed by atoms with Crippen molar-refractivity contribution in [2.24, 2.45) is 0 Å². The summed E-state index contributed by atoms with van der Waals surface area (Å²) in [6.45, 7) is 0. The van der Waals surface area contributed by atoms with Crippen LogP contribution in [0.25, 0.3) is 61.5 Å². The number of anilines is 6. The number of benzene rings is 8. The molecule has 6 nitrogen and oxygen atoms in total. The van der Waals surface area contributed by atoms with Crippen molar-refractivity contribution in [3.05, 3.63) is 243 Å². The number of nitrogens with zero attached hydrogens (tertiary/aromatic N) is 6. The predicted molar refractivity (Wildman–Crippen MR) is 260 cm³/mol. The van der Waals surface area contributed by atoms with Gasteiger partial charge in [0.25, 0.3) is 0 Å². The third-order valence-electron chi connectivity index (χ3n) is 11.4. The molecule has 0 aliphatic carbocycles. The molecule has 0 atom stereocenters. The molecule has 0 unspecified atom stereocenters. The summed E-state index contributed by atoms with van der Waals surface area (Å²) in [6, 6.07) is 82.6. The molecule has 63 heavy (non-hydrogen) atoms. The van der Waals surface area contributed by atoms with Crippen LogP contribution in [-0.2, 0) is 0 Å². The number of fused-ring (bicyclic) bond motifs is 3. The van der Waals surface area contributed by atoms with Gasteiger partial charge in [-0.15, -0.1) is 0 Å². The van der Waals surface area contributed by atoms with Crippen LogP contribution in [0.15, 0.2) is 243 Å². The zero-order chi connectivity index (χ0) is 42.0. The number of hydrogen-bond acceptors (Lipinski definition) is 5. The van der Waals surface area contributed by atoms with E-state index >= 15 is 0 Å². The molecule has 0 amide bonds. The Morgan fingerprint density at radius 1 is 0.349 bits per heavy atom. The molecule has 0 aliphatic rings. The average molecular weight is 809 g/mol. The lowest BCUT2D eigenvalue weighted by Crippen LogP contribution is -2.18. The van der Waals surface area contributed by atoms with Crippen molar-refractivity contribution >= 4 is 56.1 Å². The number of hydrogen-bond donors (Lipinski definition) is 0. The molecule has 298 valence electrons. The summed E-state index contributed by atoms with van der Waals surface area (Å²) >= 11 is 0. The first kappa shape index (κ1) is 37.4. The minimum absolute atomic E-state index is 0.651. The Morgan fingerprint density at radius 3 is 1.27 bits per heavy atom. The van der Waals surface area contributed by atoms with Crippen LogP contribution >= 0.6 is 0 Å². The number of rotatable bonds is 10. The molecule has 11 rings (SSSR count). The highest BCUT2D eigenvalue weighted by molar-refractivity contribution is 6.09. The molecule has 0 saturated carbocycles. The van der Waals surface area contributed by atoms with Gasteiger partial charge in [0.15, 0.2) is 5.82 Å². The van der Waals surface area contributed by atoms with E-state index in [2.05, 4.69) is 221 Å². The minimum atomic E-state index is 0.651. The van der Waals surface area contributed by atoms with Crippen molar-refractivity contribution in [3.8, 4) is 39.6 Å². The first-order valence-electron chi connectivity index (χ1n) is 21.1. The van der Waals surface area contributed by atoms with Crippen LogP contribution < -0.4 is 9.80 Å². The van der Waals surface area contributed by atoms with Crippen molar-refractivity contribution in [3.63, 3.8) is 0 Å². The lowest BCUT2D eigenvalue weighted by Gasteiger charge is -2.34. The fourth-order valence-corrected chi connectivity index (χ4v) is 8.58. The van der Waals surface area contributed by atoms with Gasteiger partial charge in [-0.3, -0.25) is 4.98 Å². The van der Waals surface area contributed by atoms with E-state index in [1.54, 1.807) is 0 Å². The van der Waals surface area contributed by atoms with E-state index < -0.39 is 0 Å². The monoisotopic (exact) mass is 808 g/mol. The number of aromatic nitrogens is 4. The highest BCUT2D eigenvalue weighted by atomic mass is 15.2. The molecule has 0 fully saturated rings. The molecular formula is C57H40N6. The fraction of sp³-hybridized carbons (Fsp3) is 0. The Hall–Kier alpha value is -8.61. The van der Waals surface area contributed by atoms with E-state index in [9.17, 15) is 0 Å². The van der Waals surface area contributed by atoms with Gasteiger partial charge in [0.1, 0.15) is 0 Å². The van der Waals surface area contributed by atoms with E-state index in [1.165, 1.54) is 0 Å². The average Bonchev–Trinajstić information content (AvgIpc) is 3.70. The van der Waals surface area contributed by atoms with Crippen LogP contribution in [0.4, 0.5) is 34.1 Å². The normalized spacial score (nSPS) is 11.2. The predicted octanol–water partition coefficient (Wildman–Crippen LogP) is 14.9. The Morgan fingerprint density at radius 2 is 0.762 bits per heavy atom. The second-order valence-electron chi connectivity index (χ2n) is 15.3. The van der Waals surface area contributed by atoms with Crippen molar-refractivity contribution in [1.82, 2.24) is 19.5 Å². The highest BCUT2D eigenvalue weighted by Gasteiger charge is 2.29. The minimum Gasteiger partial charge on any atom is -0.308 e. The van der Waals surface area contributed by atoms with Crippen molar-refractivity contribution in [1.29, 1.82) is 0 Å². The lowest BCUT2D eigenvalue weighted by molar-refractivity contribution is 1.12. The van der Waals surface area contributed by atoms with E-state index in [4.69, 9.17) is 15.0 Å². The summed E-state index contributed by atoms with van der Waals surface area (Å²) in [4.78, 5) is 20.4. The molecular weight excluding hydrogens is 769 g/mol. The van der Waals surface area contributed by atoms with E-state index in [1.807, 2.05) is 36.5 Å². The molecule has 11 aromatic rings. The van der Waals surface area contributed by atoms with E-state index in [0.29, 0.717) is 5.82 Å².